The van der Waals surface area contributed by atoms with Crippen LogP contribution in [0.3, 0.4) is 0 Å². The summed E-state index contributed by atoms with van der Waals surface area (Å²) >= 11 is 0. The van der Waals surface area contributed by atoms with Crippen molar-refractivity contribution in [2.24, 2.45) is 0 Å². The molecule has 10 heteroatoms. The summed E-state index contributed by atoms with van der Waals surface area (Å²) in [5.41, 5.74) is -10.2. The molecule has 1 fully saturated rings. The second-order valence-corrected chi connectivity index (χ2v) is 6.25. The van der Waals surface area contributed by atoms with Crippen LogP contribution in [0.2, 0.25) is 0 Å². The van der Waals surface area contributed by atoms with Gasteiger partial charge in [0.25, 0.3) is 5.79 Å². The average Bonchev–Trinajstić information content (AvgIpc) is 2.54. The van der Waals surface area contributed by atoms with Gasteiger partial charge < -0.3 is 29.9 Å². The highest BCUT2D eigenvalue weighted by Crippen LogP contribution is 2.52. The van der Waals surface area contributed by atoms with Crippen LogP contribution in [-0.2, 0) is 28.7 Å². The van der Waals surface area contributed by atoms with Crippen molar-refractivity contribution in [3.05, 3.63) is 0 Å². The number of hydrogen-bond donors (Lipinski definition) is 4. The lowest BCUT2D eigenvalue weighted by Gasteiger charge is -2.60. The number of aliphatic hydroxyl groups excluding tert-OH is 1. The molecule has 26 heavy (non-hydrogen) atoms. The number of hydrogen-bond acceptors (Lipinski definition) is 10. The summed E-state index contributed by atoms with van der Waals surface area (Å²) in [6.07, 6.45) is -2.05. The van der Waals surface area contributed by atoms with E-state index in [9.17, 15) is 39.6 Å². The molecule has 5 atom stereocenters. The van der Waals surface area contributed by atoms with E-state index in [1.54, 1.807) is 0 Å². The van der Waals surface area contributed by atoms with Crippen molar-refractivity contribution in [1.82, 2.24) is 0 Å². The fourth-order valence-corrected chi connectivity index (χ4v) is 3.56. The van der Waals surface area contributed by atoms with Gasteiger partial charge in [0, 0.05) is 13.5 Å². The number of ether oxygens (including phenoxy) is 2. The highest BCUT2D eigenvalue weighted by atomic mass is 16.7. The largest absolute Gasteiger partial charge is 0.394 e. The predicted octanol–water partition coefficient (Wildman–Crippen LogP) is -2.34. The van der Waals surface area contributed by atoms with Crippen molar-refractivity contribution in [1.29, 1.82) is 0 Å². The third-order valence-corrected chi connectivity index (χ3v) is 4.86. The number of carbonyl (C=O) groups is 4. The topological polar surface area (TPSA) is 168 Å². The first-order chi connectivity index (χ1) is 11.7. The smallest absolute Gasteiger partial charge is 0.269 e. The zero-order valence-electron chi connectivity index (χ0n) is 15.2. The van der Waals surface area contributed by atoms with Crippen LogP contribution in [0.1, 0.15) is 34.6 Å². The summed E-state index contributed by atoms with van der Waals surface area (Å²) < 4.78 is 10.4. The lowest BCUT2D eigenvalue weighted by Crippen LogP contribution is -2.91. The van der Waals surface area contributed by atoms with Crippen LogP contribution in [0.5, 0.6) is 0 Å². The van der Waals surface area contributed by atoms with Crippen molar-refractivity contribution in [3.8, 4) is 0 Å². The molecule has 0 radical (unpaired) electrons. The van der Waals surface area contributed by atoms with Gasteiger partial charge in [0.2, 0.25) is 11.2 Å². The molecule has 0 aliphatic carbocycles. The molecule has 0 bridgehead atoms. The molecule has 1 saturated heterocycles. The van der Waals surface area contributed by atoms with Crippen molar-refractivity contribution in [3.63, 3.8) is 0 Å². The van der Waals surface area contributed by atoms with Crippen LogP contribution in [0.25, 0.3) is 0 Å². The van der Waals surface area contributed by atoms with Gasteiger partial charge in [-0.15, -0.1) is 0 Å². The molecule has 1 rings (SSSR count). The predicted molar refractivity (Wildman–Crippen MR) is 83.9 cm³/mol. The first-order valence-corrected chi connectivity index (χ1v) is 7.89. The highest BCUT2D eigenvalue weighted by molar-refractivity contribution is 6.08. The van der Waals surface area contributed by atoms with Crippen LogP contribution in [0, 0.1) is 0 Å². The Labute approximate surface area is 149 Å². The molecule has 1 heterocycles. The Morgan fingerprint density at radius 3 is 1.62 bits per heavy atom. The molecule has 10 nitrogen and oxygen atoms in total. The van der Waals surface area contributed by atoms with Gasteiger partial charge in [-0.3, -0.25) is 19.2 Å². The van der Waals surface area contributed by atoms with E-state index in [0.29, 0.717) is 6.92 Å². The quantitative estimate of drug-likeness (QED) is 0.378. The Bertz CT molecular complexity index is 627. The molecule has 0 aromatic rings. The normalized spacial score (nSPS) is 40.1. The van der Waals surface area contributed by atoms with Crippen molar-refractivity contribution in [2.45, 2.75) is 63.3 Å². The van der Waals surface area contributed by atoms with E-state index in [1.807, 2.05) is 0 Å². The molecule has 0 spiro atoms. The lowest BCUT2D eigenvalue weighted by atomic mass is 9.57. The first-order valence-electron chi connectivity index (χ1n) is 7.89. The minimum atomic E-state index is -3.54. The van der Waals surface area contributed by atoms with E-state index in [0.717, 1.165) is 20.8 Å². The van der Waals surface area contributed by atoms with Crippen molar-refractivity contribution < 1.29 is 49.1 Å². The van der Waals surface area contributed by atoms with E-state index < -0.39 is 58.4 Å². The first kappa shape index (κ1) is 22.5. The maximum Gasteiger partial charge on any atom is 0.269 e. The maximum atomic E-state index is 12.4. The fraction of sp³-hybridized carbons (Fsp3) is 0.750. The maximum absolute atomic E-state index is 12.4. The second-order valence-electron chi connectivity index (χ2n) is 6.25. The number of ketones is 4. The van der Waals surface area contributed by atoms with E-state index in [2.05, 4.69) is 0 Å². The molecular weight excluding hydrogens is 352 g/mol. The van der Waals surface area contributed by atoms with Gasteiger partial charge in [0.15, 0.2) is 28.7 Å². The molecular formula is C16H24O10. The van der Waals surface area contributed by atoms with Crippen LogP contribution in [-0.4, -0.2) is 85.5 Å². The fourth-order valence-electron chi connectivity index (χ4n) is 3.56. The second kappa shape index (κ2) is 6.87. The number of Topliss-reactive ketones (excluding diaryl/α,β-unsaturated/α-hetero) is 4. The summed E-state index contributed by atoms with van der Waals surface area (Å²) in [7, 11) is 0. The van der Waals surface area contributed by atoms with Gasteiger partial charge in [-0.1, -0.05) is 0 Å². The van der Waals surface area contributed by atoms with E-state index >= 15 is 0 Å². The third kappa shape index (κ3) is 2.34. The van der Waals surface area contributed by atoms with Crippen LogP contribution < -0.4 is 0 Å². The Morgan fingerprint density at radius 1 is 0.885 bits per heavy atom. The van der Waals surface area contributed by atoms with Gasteiger partial charge in [0.05, 0.1) is 6.61 Å². The van der Waals surface area contributed by atoms with E-state index in [4.69, 9.17) is 9.47 Å². The molecule has 0 amide bonds. The van der Waals surface area contributed by atoms with E-state index in [-0.39, 0.29) is 6.61 Å². The monoisotopic (exact) mass is 376 g/mol. The standard InChI is InChI=1S/C16H24O10/c1-6-25-16(11(5)21)15(24,10(4)20)14(23,9(3)19)13(22,8(2)18)12(7-17)26-16/h12,17,22-24H,6-7H2,1-5H3/t12-,13+,14+,15-,16?/m1/s1. The Morgan fingerprint density at radius 2 is 1.35 bits per heavy atom. The number of carbonyl (C=O) groups excluding carboxylic acids is 4. The highest BCUT2D eigenvalue weighted by Gasteiger charge is 2.84. The molecule has 0 saturated carbocycles. The van der Waals surface area contributed by atoms with Gasteiger partial charge >= 0.3 is 0 Å². The SMILES string of the molecule is CCOC1(C(C)=O)O[C@H](CO)[C@@](O)(C(C)=O)[C@@](O)(C(C)=O)[C@]1(O)C(C)=O. The summed E-state index contributed by atoms with van der Waals surface area (Å²) in [5.74, 6) is -8.11. The van der Waals surface area contributed by atoms with Gasteiger partial charge in [-0.2, -0.15) is 0 Å². The molecule has 1 aliphatic heterocycles. The molecule has 1 unspecified atom stereocenters. The molecule has 148 valence electrons. The van der Waals surface area contributed by atoms with Crippen molar-refractivity contribution >= 4 is 23.1 Å². The summed E-state index contributed by atoms with van der Waals surface area (Å²) in [6.45, 7) is 2.98. The summed E-state index contributed by atoms with van der Waals surface area (Å²) in [6, 6.07) is 0. The summed E-state index contributed by atoms with van der Waals surface area (Å²) in [5, 5.41) is 42.8. The van der Waals surface area contributed by atoms with Crippen molar-refractivity contribution in [2.75, 3.05) is 13.2 Å². The third-order valence-electron chi connectivity index (χ3n) is 4.86. The van der Waals surface area contributed by atoms with Gasteiger partial charge in [-0.05, 0) is 27.7 Å². The van der Waals surface area contributed by atoms with Crippen LogP contribution >= 0.6 is 0 Å². The van der Waals surface area contributed by atoms with Crippen LogP contribution in [0.4, 0.5) is 0 Å². The zero-order chi connectivity index (χ0) is 20.7. The minimum Gasteiger partial charge on any atom is -0.394 e. The Hall–Kier alpha value is -1.56. The molecule has 4 N–H and O–H groups in total. The molecule has 0 aromatic heterocycles. The Balaban J connectivity index is 4.12. The molecule has 1 aliphatic rings. The zero-order valence-corrected chi connectivity index (χ0v) is 15.2. The molecule has 0 aromatic carbocycles. The Kier molecular flexibility index (Phi) is 5.94. The number of rotatable bonds is 7. The van der Waals surface area contributed by atoms with Crippen LogP contribution in [0.15, 0.2) is 0 Å². The van der Waals surface area contributed by atoms with Gasteiger partial charge in [-0.25, -0.2) is 0 Å². The number of aliphatic hydroxyl groups is 4. The minimum absolute atomic E-state index is 0.320. The average molecular weight is 376 g/mol. The summed E-state index contributed by atoms with van der Waals surface area (Å²) in [4.78, 5) is 49.2. The van der Waals surface area contributed by atoms with Gasteiger partial charge in [0.1, 0.15) is 6.10 Å². The van der Waals surface area contributed by atoms with E-state index in [1.165, 1.54) is 6.92 Å². The lowest BCUT2D eigenvalue weighted by molar-refractivity contribution is -0.399.